The zero-order valence-electron chi connectivity index (χ0n) is 11.8. The molecule has 0 aliphatic heterocycles. The largest absolute Gasteiger partial charge is 0.479 e. The number of hydrogen-bond donors (Lipinski definition) is 0. The summed E-state index contributed by atoms with van der Waals surface area (Å²) in [5.74, 6) is 0.348. The Morgan fingerprint density at radius 2 is 1.78 bits per heavy atom. The van der Waals surface area contributed by atoms with Crippen LogP contribution in [-0.2, 0) is 14.9 Å². The highest BCUT2D eigenvalue weighted by atomic mass is 16.6. The fourth-order valence-corrected chi connectivity index (χ4v) is 1.55. The molecule has 0 aliphatic rings. The maximum atomic E-state index is 11.4. The van der Waals surface area contributed by atoms with Crippen molar-refractivity contribution < 1.29 is 14.3 Å². The Kier molecular flexibility index (Phi) is 4.76. The lowest BCUT2D eigenvalue weighted by atomic mass is 9.87. The third-order valence-corrected chi connectivity index (χ3v) is 2.65. The fraction of sp³-hybridized carbons (Fsp3) is 0.533. The molecule has 3 nitrogen and oxygen atoms in total. The van der Waals surface area contributed by atoms with E-state index in [4.69, 9.17) is 9.47 Å². The van der Waals surface area contributed by atoms with E-state index in [9.17, 15) is 4.79 Å². The molecule has 1 atom stereocenters. The first-order chi connectivity index (χ1) is 8.34. The van der Waals surface area contributed by atoms with Crippen LogP contribution in [0.15, 0.2) is 24.3 Å². The quantitative estimate of drug-likeness (QED) is 0.769. The summed E-state index contributed by atoms with van der Waals surface area (Å²) in [5, 5.41) is 0. The molecule has 0 saturated carbocycles. The molecule has 0 saturated heterocycles. The van der Waals surface area contributed by atoms with Crippen LogP contribution in [0.3, 0.4) is 0 Å². The minimum atomic E-state index is -0.578. The SMILES string of the molecule is CCOC(=O)[C@@H](C)Oc1ccc(C(C)(C)C)cc1. The number of hydrogen-bond acceptors (Lipinski definition) is 3. The molecule has 100 valence electrons. The van der Waals surface area contributed by atoms with E-state index in [1.807, 2.05) is 24.3 Å². The first kappa shape index (κ1) is 14.6. The molecule has 1 rings (SSSR count). The van der Waals surface area contributed by atoms with Gasteiger partial charge in [0.05, 0.1) is 6.61 Å². The van der Waals surface area contributed by atoms with E-state index in [0.717, 1.165) is 0 Å². The minimum Gasteiger partial charge on any atom is -0.479 e. The predicted molar refractivity (Wildman–Crippen MR) is 71.9 cm³/mol. The van der Waals surface area contributed by atoms with Gasteiger partial charge in [-0.15, -0.1) is 0 Å². The monoisotopic (exact) mass is 250 g/mol. The van der Waals surface area contributed by atoms with Gasteiger partial charge in [0.2, 0.25) is 0 Å². The van der Waals surface area contributed by atoms with Gasteiger partial charge in [0.1, 0.15) is 5.75 Å². The van der Waals surface area contributed by atoms with Gasteiger partial charge in [-0.1, -0.05) is 32.9 Å². The molecule has 0 spiro atoms. The Balaban J connectivity index is 2.67. The number of esters is 1. The van der Waals surface area contributed by atoms with Gasteiger partial charge in [-0.25, -0.2) is 4.79 Å². The van der Waals surface area contributed by atoms with Crippen LogP contribution in [0.4, 0.5) is 0 Å². The first-order valence-corrected chi connectivity index (χ1v) is 6.28. The van der Waals surface area contributed by atoms with Crippen molar-refractivity contribution in [2.45, 2.75) is 46.1 Å². The molecule has 0 radical (unpaired) electrons. The zero-order valence-corrected chi connectivity index (χ0v) is 11.8. The van der Waals surface area contributed by atoms with Crippen molar-refractivity contribution in [3.8, 4) is 5.75 Å². The highest BCUT2D eigenvalue weighted by Gasteiger charge is 2.17. The Hall–Kier alpha value is -1.51. The summed E-state index contributed by atoms with van der Waals surface area (Å²) in [6.45, 7) is 10.3. The lowest BCUT2D eigenvalue weighted by Gasteiger charge is -2.19. The number of benzene rings is 1. The molecule has 0 aromatic heterocycles. The Morgan fingerprint density at radius 3 is 2.22 bits per heavy atom. The zero-order chi connectivity index (χ0) is 13.8. The molecule has 1 aromatic rings. The lowest BCUT2D eigenvalue weighted by molar-refractivity contribution is -0.150. The van der Waals surface area contributed by atoms with Gasteiger partial charge < -0.3 is 9.47 Å². The van der Waals surface area contributed by atoms with Crippen molar-refractivity contribution in [2.75, 3.05) is 6.61 Å². The number of ether oxygens (including phenoxy) is 2. The lowest BCUT2D eigenvalue weighted by Crippen LogP contribution is -2.26. The molecule has 18 heavy (non-hydrogen) atoms. The molecule has 0 fully saturated rings. The Labute approximate surface area is 109 Å². The second kappa shape index (κ2) is 5.89. The van der Waals surface area contributed by atoms with Crippen molar-refractivity contribution >= 4 is 5.97 Å². The molecule has 0 N–H and O–H groups in total. The third kappa shape index (κ3) is 4.06. The van der Waals surface area contributed by atoms with Gasteiger partial charge in [0.15, 0.2) is 6.10 Å². The van der Waals surface area contributed by atoms with E-state index in [1.54, 1.807) is 13.8 Å². The van der Waals surface area contributed by atoms with Gasteiger partial charge in [-0.3, -0.25) is 0 Å². The van der Waals surface area contributed by atoms with Crippen LogP contribution in [-0.4, -0.2) is 18.7 Å². The average Bonchev–Trinajstić information content (AvgIpc) is 2.28. The molecular weight excluding hydrogens is 228 g/mol. The van der Waals surface area contributed by atoms with Crippen LogP contribution in [0.2, 0.25) is 0 Å². The number of carbonyl (C=O) groups excluding carboxylic acids is 1. The van der Waals surface area contributed by atoms with Crippen LogP contribution < -0.4 is 4.74 Å². The second-order valence-corrected chi connectivity index (χ2v) is 5.29. The maximum absolute atomic E-state index is 11.4. The molecule has 1 aromatic carbocycles. The molecule has 0 bridgehead atoms. The third-order valence-electron chi connectivity index (χ3n) is 2.65. The summed E-state index contributed by atoms with van der Waals surface area (Å²) < 4.78 is 10.4. The summed E-state index contributed by atoms with van der Waals surface area (Å²) in [6.07, 6.45) is -0.578. The Morgan fingerprint density at radius 1 is 1.22 bits per heavy atom. The van der Waals surface area contributed by atoms with Crippen LogP contribution in [0.25, 0.3) is 0 Å². The molecule has 0 amide bonds. The van der Waals surface area contributed by atoms with E-state index in [2.05, 4.69) is 20.8 Å². The first-order valence-electron chi connectivity index (χ1n) is 6.28. The van der Waals surface area contributed by atoms with Gasteiger partial charge in [0.25, 0.3) is 0 Å². The van der Waals surface area contributed by atoms with Crippen molar-refractivity contribution in [3.63, 3.8) is 0 Å². The molecular formula is C15H22O3. The normalized spacial score (nSPS) is 12.9. The van der Waals surface area contributed by atoms with E-state index >= 15 is 0 Å². The second-order valence-electron chi connectivity index (χ2n) is 5.29. The summed E-state index contributed by atoms with van der Waals surface area (Å²) in [6, 6.07) is 7.81. The molecule has 0 unspecified atom stereocenters. The number of carbonyl (C=O) groups is 1. The van der Waals surface area contributed by atoms with Crippen LogP contribution in [0, 0.1) is 0 Å². The summed E-state index contributed by atoms with van der Waals surface area (Å²) in [7, 11) is 0. The van der Waals surface area contributed by atoms with Crippen molar-refractivity contribution in [2.24, 2.45) is 0 Å². The topological polar surface area (TPSA) is 35.5 Å². The number of rotatable bonds is 4. The van der Waals surface area contributed by atoms with Crippen molar-refractivity contribution in [1.82, 2.24) is 0 Å². The van der Waals surface area contributed by atoms with E-state index in [-0.39, 0.29) is 11.4 Å². The highest BCUT2D eigenvalue weighted by molar-refractivity contribution is 5.74. The van der Waals surface area contributed by atoms with Crippen LogP contribution >= 0.6 is 0 Å². The smallest absolute Gasteiger partial charge is 0.347 e. The van der Waals surface area contributed by atoms with E-state index < -0.39 is 6.10 Å². The van der Waals surface area contributed by atoms with Crippen molar-refractivity contribution in [3.05, 3.63) is 29.8 Å². The van der Waals surface area contributed by atoms with Crippen LogP contribution in [0.1, 0.15) is 40.2 Å². The van der Waals surface area contributed by atoms with E-state index in [1.165, 1.54) is 5.56 Å². The standard InChI is InChI=1S/C15H22O3/c1-6-17-14(16)11(2)18-13-9-7-12(8-10-13)15(3,4)5/h7-11H,6H2,1-5H3/t11-/m1/s1. The predicted octanol–water partition coefficient (Wildman–Crippen LogP) is 3.31. The highest BCUT2D eigenvalue weighted by Crippen LogP contribution is 2.24. The molecule has 0 heterocycles. The van der Waals surface area contributed by atoms with Gasteiger partial charge in [-0.2, -0.15) is 0 Å². The minimum absolute atomic E-state index is 0.116. The van der Waals surface area contributed by atoms with Gasteiger partial charge in [0, 0.05) is 0 Å². The van der Waals surface area contributed by atoms with Gasteiger partial charge >= 0.3 is 5.97 Å². The van der Waals surface area contributed by atoms with Crippen LogP contribution in [0.5, 0.6) is 5.75 Å². The summed E-state index contributed by atoms with van der Waals surface area (Å²) in [5.41, 5.74) is 1.35. The molecule has 0 aliphatic carbocycles. The summed E-state index contributed by atoms with van der Waals surface area (Å²) in [4.78, 5) is 11.4. The van der Waals surface area contributed by atoms with Crippen molar-refractivity contribution in [1.29, 1.82) is 0 Å². The molecule has 3 heteroatoms. The fourth-order valence-electron chi connectivity index (χ4n) is 1.55. The average molecular weight is 250 g/mol. The maximum Gasteiger partial charge on any atom is 0.347 e. The Bertz CT molecular complexity index is 387. The van der Waals surface area contributed by atoms with E-state index in [0.29, 0.717) is 12.4 Å². The van der Waals surface area contributed by atoms with Gasteiger partial charge in [-0.05, 0) is 37.0 Å². The summed E-state index contributed by atoms with van der Waals surface area (Å²) >= 11 is 0.